The van der Waals surface area contributed by atoms with Crippen LogP contribution in [0.15, 0.2) is 12.2 Å². The van der Waals surface area contributed by atoms with Gasteiger partial charge in [0.15, 0.2) is 6.04 Å². The molecule has 0 spiro atoms. The standard InChI is InChI=1S/C10H12N2O4S/c1-4-3-17-9-6(11-5(2)13)8(14)12(9)7(4)10(15)16/h6-7,9H,1,3H2,2H3,(H,11,13)(H,15,16)/t6-,7?,9-/m1/s1. The summed E-state index contributed by atoms with van der Waals surface area (Å²) >= 11 is 1.42. The molecule has 0 aromatic heterocycles. The average molecular weight is 256 g/mol. The minimum atomic E-state index is -1.07. The number of hydrogen-bond donors (Lipinski definition) is 2. The number of thioether (sulfide) groups is 1. The number of carboxylic acids is 1. The lowest BCUT2D eigenvalue weighted by molar-refractivity contribution is -0.160. The van der Waals surface area contributed by atoms with Crippen molar-refractivity contribution in [1.82, 2.24) is 10.2 Å². The summed E-state index contributed by atoms with van der Waals surface area (Å²) in [5.74, 6) is -1.23. The van der Waals surface area contributed by atoms with E-state index in [0.29, 0.717) is 11.3 Å². The predicted molar refractivity (Wildman–Crippen MR) is 61.3 cm³/mol. The Morgan fingerprint density at radius 3 is 2.76 bits per heavy atom. The van der Waals surface area contributed by atoms with Gasteiger partial charge in [-0.3, -0.25) is 9.59 Å². The van der Waals surface area contributed by atoms with Gasteiger partial charge in [0.2, 0.25) is 11.8 Å². The van der Waals surface area contributed by atoms with Gasteiger partial charge in [0.1, 0.15) is 11.4 Å². The van der Waals surface area contributed by atoms with E-state index in [1.165, 1.54) is 23.6 Å². The lowest BCUT2D eigenvalue weighted by atomic mass is 9.99. The van der Waals surface area contributed by atoms with Crippen LogP contribution in [0.4, 0.5) is 0 Å². The smallest absolute Gasteiger partial charge is 0.330 e. The second-order valence-electron chi connectivity index (χ2n) is 4.02. The highest BCUT2D eigenvalue weighted by molar-refractivity contribution is 8.00. The van der Waals surface area contributed by atoms with Crippen LogP contribution < -0.4 is 5.32 Å². The highest BCUT2D eigenvalue weighted by atomic mass is 32.2. The Labute approximate surface area is 102 Å². The lowest BCUT2D eigenvalue weighted by Crippen LogP contribution is -2.74. The number of aliphatic carboxylic acids is 1. The van der Waals surface area contributed by atoms with Gasteiger partial charge in [0.25, 0.3) is 0 Å². The highest BCUT2D eigenvalue weighted by Crippen LogP contribution is 2.39. The third kappa shape index (κ3) is 1.80. The molecule has 2 heterocycles. The summed E-state index contributed by atoms with van der Waals surface area (Å²) < 4.78 is 0. The molecule has 1 unspecified atom stereocenters. The third-order valence-corrected chi connectivity index (χ3v) is 4.16. The van der Waals surface area contributed by atoms with Crippen LogP contribution in [0.5, 0.6) is 0 Å². The molecule has 0 aliphatic carbocycles. The normalized spacial score (nSPS) is 31.6. The van der Waals surface area contributed by atoms with Gasteiger partial charge in [-0.2, -0.15) is 0 Å². The van der Waals surface area contributed by atoms with Crippen LogP contribution in [0, 0.1) is 0 Å². The van der Waals surface area contributed by atoms with Crippen molar-refractivity contribution < 1.29 is 19.5 Å². The van der Waals surface area contributed by atoms with Crippen molar-refractivity contribution in [2.75, 3.05) is 5.75 Å². The van der Waals surface area contributed by atoms with Crippen molar-refractivity contribution in [2.24, 2.45) is 0 Å². The summed E-state index contributed by atoms with van der Waals surface area (Å²) in [7, 11) is 0. The number of carboxylic acid groups (broad SMARTS) is 1. The Bertz CT molecular complexity index is 423. The summed E-state index contributed by atoms with van der Waals surface area (Å²) in [5.41, 5.74) is 0.508. The van der Waals surface area contributed by atoms with Gasteiger partial charge in [-0.25, -0.2) is 4.79 Å². The summed E-state index contributed by atoms with van der Waals surface area (Å²) in [6.07, 6.45) is 0. The molecule has 0 radical (unpaired) electrons. The molecule has 0 aromatic carbocycles. The molecular formula is C10H12N2O4S. The minimum absolute atomic E-state index is 0.292. The van der Waals surface area contributed by atoms with Crippen molar-refractivity contribution in [1.29, 1.82) is 0 Å². The summed E-state index contributed by atoms with van der Waals surface area (Å²) in [5, 5.41) is 11.3. The molecule has 6 nitrogen and oxygen atoms in total. The van der Waals surface area contributed by atoms with E-state index >= 15 is 0 Å². The third-order valence-electron chi connectivity index (χ3n) is 2.78. The van der Waals surface area contributed by atoms with Crippen molar-refractivity contribution in [3.8, 4) is 0 Å². The molecule has 0 bridgehead atoms. The van der Waals surface area contributed by atoms with Crippen LogP contribution in [0.1, 0.15) is 6.92 Å². The van der Waals surface area contributed by atoms with Crippen molar-refractivity contribution in [3.05, 3.63) is 12.2 Å². The fourth-order valence-corrected chi connectivity index (χ4v) is 3.36. The largest absolute Gasteiger partial charge is 0.479 e. The van der Waals surface area contributed by atoms with Gasteiger partial charge in [-0.15, -0.1) is 11.8 Å². The van der Waals surface area contributed by atoms with E-state index in [1.807, 2.05) is 0 Å². The second kappa shape index (κ2) is 4.06. The topological polar surface area (TPSA) is 86.7 Å². The fourth-order valence-electron chi connectivity index (χ4n) is 2.05. The van der Waals surface area contributed by atoms with Crippen molar-refractivity contribution >= 4 is 29.5 Å². The SMILES string of the molecule is C=C1CS[C@@H]2[C@H](NC(C)=O)C(=O)N2C1C(=O)O. The lowest BCUT2D eigenvalue weighted by Gasteiger charge is -2.52. The van der Waals surface area contributed by atoms with Crippen LogP contribution in [0.25, 0.3) is 0 Å². The molecule has 17 heavy (non-hydrogen) atoms. The molecule has 2 N–H and O–H groups in total. The van der Waals surface area contributed by atoms with Gasteiger partial charge < -0.3 is 15.3 Å². The number of nitrogens with one attached hydrogen (secondary N) is 1. The second-order valence-corrected chi connectivity index (χ2v) is 5.13. The van der Waals surface area contributed by atoms with Crippen molar-refractivity contribution in [2.45, 2.75) is 24.4 Å². The maximum atomic E-state index is 11.8. The zero-order chi connectivity index (χ0) is 12.7. The maximum Gasteiger partial charge on any atom is 0.330 e. The molecule has 92 valence electrons. The molecule has 2 saturated heterocycles. The molecule has 0 saturated carbocycles. The predicted octanol–water partition coefficient (Wildman–Crippen LogP) is -0.584. The monoisotopic (exact) mass is 256 g/mol. The molecule has 2 fully saturated rings. The van der Waals surface area contributed by atoms with Gasteiger partial charge in [-0.05, 0) is 5.57 Å². The number of hydrogen-bond acceptors (Lipinski definition) is 4. The van der Waals surface area contributed by atoms with Crippen LogP contribution in [0.3, 0.4) is 0 Å². The van der Waals surface area contributed by atoms with E-state index < -0.39 is 18.1 Å². The average Bonchev–Trinajstić information content (AvgIpc) is 2.24. The Hall–Kier alpha value is -1.50. The molecule has 7 heteroatoms. The van der Waals surface area contributed by atoms with Crippen LogP contribution in [-0.4, -0.2) is 51.0 Å². The Balaban J connectivity index is 2.17. The molecule has 3 atom stereocenters. The quantitative estimate of drug-likeness (QED) is 0.509. The van der Waals surface area contributed by atoms with Gasteiger partial charge in [-0.1, -0.05) is 6.58 Å². The molecular weight excluding hydrogens is 244 g/mol. The van der Waals surface area contributed by atoms with E-state index in [2.05, 4.69) is 11.9 Å². The van der Waals surface area contributed by atoms with E-state index in [-0.39, 0.29) is 17.2 Å². The minimum Gasteiger partial charge on any atom is -0.479 e. The number of carbonyl (C=O) groups excluding carboxylic acids is 2. The number of carbonyl (C=O) groups is 3. The highest BCUT2D eigenvalue weighted by Gasteiger charge is 2.55. The molecule has 2 rings (SSSR count). The van der Waals surface area contributed by atoms with Crippen molar-refractivity contribution in [3.63, 3.8) is 0 Å². The first-order valence-corrected chi connectivity index (χ1v) is 6.09. The van der Waals surface area contributed by atoms with Gasteiger partial charge >= 0.3 is 5.97 Å². The maximum absolute atomic E-state index is 11.8. The van der Waals surface area contributed by atoms with Crippen LogP contribution in [-0.2, 0) is 14.4 Å². The van der Waals surface area contributed by atoms with Crippen LogP contribution in [0.2, 0.25) is 0 Å². The number of nitrogens with zero attached hydrogens (tertiary/aromatic N) is 1. The first-order valence-electron chi connectivity index (χ1n) is 5.05. The van der Waals surface area contributed by atoms with E-state index in [4.69, 9.17) is 5.11 Å². The van der Waals surface area contributed by atoms with Gasteiger partial charge in [0.05, 0.1) is 0 Å². The fraction of sp³-hybridized carbons (Fsp3) is 0.500. The molecule has 2 aliphatic heterocycles. The molecule has 0 aromatic rings. The number of rotatable bonds is 2. The molecule has 2 aliphatic rings. The Kier molecular flexibility index (Phi) is 2.86. The number of fused-ring (bicyclic) bond motifs is 1. The van der Waals surface area contributed by atoms with E-state index in [0.717, 1.165) is 0 Å². The Morgan fingerprint density at radius 2 is 2.24 bits per heavy atom. The summed E-state index contributed by atoms with van der Waals surface area (Å²) in [4.78, 5) is 35.1. The first-order chi connectivity index (χ1) is 7.93. The Morgan fingerprint density at radius 1 is 1.59 bits per heavy atom. The van der Waals surface area contributed by atoms with E-state index in [9.17, 15) is 14.4 Å². The zero-order valence-electron chi connectivity index (χ0n) is 9.17. The summed E-state index contributed by atoms with van der Waals surface area (Å²) in [6, 6.07) is -1.56. The van der Waals surface area contributed by atoms with Gasteiger partial charge in [0, 0.05) is 12.7 Å². The zero-order valence-corrected chi connectivity index (χ0v) is 9.99. The molecule has 2 amide bonds. The number of amides is 2. The van der Waals surface area contributed by atoms with E-state index in [1.54, 1.807) is 0 Å². The number of β-lactam (4-membered cyclic amide) rings is 1. The first kappa shape index (κ1) is 12.0. The van der Waals surface area contributed by atoms with Crippen LogP contribution >= 0.6 is 11.8 Å². The summed E-state index contributed by atoms with van der Waals surface area (Å²) in [6.45, 7) is 5.00.